The van der Waals surface area contributed by atoms with E-state index in [-0.39, 0.29) is 11.7 Å². The number of aryl methyl sites for hydroxylation is 3. The maximum atomic E-state index is 13.3. The zero-order valence-corrected chi connectivity index (χ0v) is 19.1. The van der Waals surface area contributed by atoms with Gasteiger partial charge in [0.15, 0.2) is 5.78 Å². The molecule has 0 aliphatic carbocycles. The molecule has 2 aliphatic heterocycles. The van der Waals surface area contributed by atoms with Crippen molar-refractivity contribution >= 4 is 28.4 Å². The summed E-state index contributed by atoms with van der Waals surface area (Å²) in [7, 11) is 0. The summed E-state index contributed by atoms with van der Waals surface area (Å²) in [6, 6.07) is 8.15. The van der Waals surface area contributed by atoms with Gasteiger partial charge in [0.05, 0.1) is 11.9 Å². The number of carbonyl (C=O) groups is 2. The van der Waals surface area contributed by atoms with Crippen LogP contribution in [0, 0.1) is 13.8 Å². The molecule has 1 amide bonds. The Morgan fingerprint density at radius 1 is 1.03 bits per heavy atom. The maximum absolute atomic E-state index is 13.3. The number of aromatic nitrogens is 2. The molecule has 0 bridgehead atoms. The van der Waals surface area contributed by atoms with Gasteiger partial charge in [-0.15, -0.1) is 0 Å². The quantitative estimate of drug-likeness (QED) is 0.593. The second-order valence-corrected chi connectivity index (χ2v) is 9.14. The van der Waals surface area contributed by atoms with Crippen molar-refractivity contribution in [2.75, 3.05) is 31.1 Å². The van der Waals surface area contributed by atoms with Crippen LogP contribution in [0.25, 0.3) is 10.9 Å². The molecule has 2 aromatic heterocycles. The van der Waals surface area contributed by atoms with Gasteiger partial charge in [-0.3, -0.25) is 9.59 Å². The molecule has 166 valence electrons. The zero-order valence-electron chi connectivity index (χ0n) is 19.1. The van der Waals surface area contributed by atoms with Crippen LogP contribution < -0.4 is 4.90 Å². The highest BCUT2D eigenvalue weighted by atomic mass is 16.2. The number of anilines is 1. The molecule has 0 unspecified atom stereocenters. The number of hydrogen-bond acceptors (Lipinski definition) is 4. The zero-order chi connectivity index (χ0) is 22.4. The molecule has 0 atom stereocenters. The summed E-state index contributed by atoms with van der Waals surface area (Å²) < 4.78 is 2.35. The molecule has 6 heteroatoms. The number of hydrogen-bond donors (Lipinski definition) is 0. The van der Waals surface area contributed by atoms with Crippen LogP contribution in [0.4, 0.5) is 5.82 Å². The molecule has 0 saturated carbocycles. The highest BCUT2D eigenvalue weighted by Gasteiger charge is 2.26. The number of carbonyl (C=O) groups excluding carboxylic acids is 2. The maximum Gasteiger partial charge on any atom is 0.227 e. The molecule has 0 radical (unpaired) electrons. The third-order valence-corrected chi connectivity index (χ3v) is 7.05. The Hall–Kier alpha value is -3.15. The number of nitrogens with zero attached hydrogens (tertiary/aromatic N) is 4. The van der Waals surface area contributed by atoms with Crippen molar-refractivity contribution in [3.05, 3.63) is 58.4 Å². The Morgan fingerprint density at radius 2 is 1.81 bits per heavy atom. The van der Waals surface area contributed by atoms with E-state index in [9.17, 15) is 9.59 Å². The van der Waals surface area contributed by atoms with Gasteiger partial charge in [-0.05, 0) is 74.6 Å². The van der Waals surface area contributed by atoms with Crippen LogP contribution in [0.2, 0.25) is 0 Å². The minimum absolute atomic E-state index is 0.0808. The van der Waals surface area contributed by atoms with Gasteiger partial charge in [-0.2, -0.15) is 0 Å². The molecule has 5 rings (SSSR count). The Balaban J connectivity index is 1.38. The fourth-order valence-electron chi connectivity index (χ4n) is 5.23. The molecule has 1 fully saturated rings. The standard InChI is InChI=1S/C26H30N4O2/c1-17-6-7-27-24(13-17)28-9-11-29(12-10-28)25(32)16-22-18(2)30-8-4-5-20-14-21(19(3)31)15-23(22)26(20)30/h6-7,13-15H,4-5,8-12,16H2,1-3H3. The van der Waals surface area contributed by atoms with E-state index in [0.29, 0.717) is 19.5 Å². The topological polar surface area (TPSA) is 58.4 Å². The number of piperazine rings is 1. The molecule has 6 nitrogen and oxygen atoms in total. The van der Waals surface area contributed by atoms with Crippen molar-refractivity contribution in [2.24, 2.45) is 0 Å². The van der Waals surface area contributed by atoms with Gasteiger partial charge in [0.2, 0.25) is 5.91 Å². The summed E-state index contributed by atoms with van der Waals surface area (Å²) in [5.41, 5.74) is 6.65. The van der Waals surface area contributed by atoms with E-state index < -0.39 is 0 Å². The lowest BCUT2D eigenvalue weighted by Crippen LogP contribution is -2.49. The number of benzene rings is 1. The van der Waals surface area contributed by atoms with Gasteiger partial charge in [-0.25, -0.2) is 4.98 Å². The highest BCUT2D eigenvalue weighted by Crippen LogP contribution is 2.34. The predicted molar refractivity (Wildman–Crippen MR) is 126 cm³/mol. The van der Waals surface area contributed by atoms with Gasteiger partial charge in [-0.1, -0.05) is 0 Å². The normalized spacial score (nSPS) is 16.0. The van der Waals surface area contributed by atoms with E-state index >= 15 is 0 Å². The summed E-state index contributed by atoms with van der Waals surface area (Å²) in [5.74, 6) is 1.23. The van der Waals surface area contributed by atoms with Gasteiger partial charge < -0.3 is 14.4 Å². The number of rotatable bonds is 4. The minimum atomic E-state index is 0.0808. The monoisotopic (exact) mass is 430 g/mol. The summed E-state index contributed by atoms with van der Waals surface area (Å²) in [4.78, 5) is 34.1. The van der Waals surface area contributed by atoms with Gasteiger partial charge in [0, 0.05) is 55.6 Å². The summed E-state index contributed by atoms with van der Waals surface area (Å²) in [6.45, 7) is 9.78. The first-order valence-electron chi connectivity index (χ1n) is 11.5. The smallest absolute Gasteiger partial charge is 0.227 e. The molecule has 4 heterocycles. The predicted octanol–water partition coefficient (Wildman–Crippen LogP) is 3.69. The van der Waals surface area contributed by atoms with E-state index in [1.165, 1.54) is 16.6 Å². The summed E-state index contributed by atoms with van der Waals surface area (Å²) in [6.07, 6.45) is 4.29. The molecule has 1 aromatic carbocycles. The van der Waals surface area contributed by atoms with Crippen LogP contribution >= 0.6 is 0 Å². The molecular weight excluding hydrogens is 400 g/mol. The van der Waals surface area contributed by atoms with Crippen LogP contribution in [0.5, 0.6) is 0 Å². The molecule has 32 heavy (non-hydrogen) atoms. The second kappa shape index (κ2) is 8.08. The van der Waals surface area contributed by atoms with Gasteiger partial charge >= 0.3 is 0 Å². The van der Waals surface area contributed by atoms with Crippen molar-refractivity contribution in [3.63, 3.8) is 0 Å². The van der Waals surface area contributed by atoms with Crippen LogP contribution in [0.1, 0.15) is 46.1 Å². The molecule has 2 aliphatic rings. The van der Waals surface area contributed by atoms with Crippen molar-refractivity contribution in [3.8, 4) is 0 Å². The van der Waals surface area contributed by atoms with E-state index in [0.717, 1.165) is 60.5 Å². The average molecular weight is 431 g/mol. The third kappa shape index (κ3) is 3.57. The first-order valence-corrected chi connectivity index (χ1v) is 11.5. The molecule has 0 N–H and O–H groups in total. The third-order valence-electron chi connectivity index (χ3n) is 7.05. The van der Waals surface area contributed by atoms with Crippen molar-refractivity contribution in [1.82, 2.24) is 14.5 Å². The fourth-order valence-corrected chi connectivity index (χ4v) is 5.23. The highest BCUT2D eigenvalue weighted by molar-refractivity contribution is 6.01. The summed E-state index contributed by atoms with van der Waals surface area (Å²) in [5, 5.41) is 1.08. The largest absolute Gasteiger partial charge is 0.353 e. The van der Waals surface area contributed by atoms with Crippen LogP contribution in [-0.2, 0) is 24.2 Å². The second-order valence-electron chi connectivity index (χ2n) is 9.14. The van der Waals surface area contributed by atoms with E-state index in [2.05, 4.69) is 34.4 Å². The van der Waals surface area contributed by atoms with Crippen LogP contribution in [0.15, 0.2) is 30.5 Å². The SMILES string of the molecule is CC(=O)c1cc2c3c(c1)c(CC(=O)N1CCN(c4cc(C)ccn4)CC1)c(C)n3CCC2. The Bertz CT molecular complexity index is 1220. The molecule has 0 spiro atoms. The first kappa shape index (κ1) is 20.7. The molecule has 3 aromatic rings. The molecule has 1 saturated heterocycles. The van der Waals surface area contributed by atoms with Gasteiger partial charge in [0.25, 0.3) is 0 Å². The van der Waals surface area contributed by atoms with E-state index in [1.807, 2.05) is 29.3 Å². The first-order chi connectivity index (χ1) is 15.4. The Morgan fingerprint density at radius 3 is 2.53 bits per heavy atom. The van der Waals surface area contributed by atoms with Crippen LogP contribution in [-0.4, -0.2) is 52.3 Å². The van der Waals surface area contributed by atoms with E-state index in [4.69, 9.17) is 0 Å². The number of Topliss-reactive ketones (excluding diaryl/α,β-unsaturated/α-hetero) is 1. The average Bonchev–Trinajstić information content (AvgIpc) is 3.06. The van der Waals surface area contributed by atoms with Gasteiger partial charge in [0.1, 0.15) is 5.82 Å². The Kier molecular flexibility index (Phi) is 5.24. The fraction of sp³-hybridized carbons (Fsp3) is 0.423. The van der Waals surface area contributed by atoms with Crippen molar-refractivity contribution in [2.45, 2.75) is 46.6 Å². The number of amides is 1. The number of pyridine rings is 1. The lowest BCUT2D eigenvalue weighted by atomic mass is 9.97. The Labute approximate surface area is 188 Å². The van der Waals surface area contributed by atoms with Crippen LogP contribution in [0.3, 0.4) is 0 Å². The van der Waals surface area contributed by atoms with E-state index in [1.54, 1.807) is 6.92 Å². The number of ketones is 1. The minimum Gasteiger partial charge on any atom is -0.353 e. The molecular formula is C26H30N4O2. The van der Waals surface area contributed by atoms with Crippen molar-refractivity contribution in [1.29, 1.82) is 0 Å². The summed E-state index contributed by atoms with van der Waals surface area (Å²) >= 11 is 0. The van der Waals surface area contributed by atoms with Crippen molar-refractivity contribution < 1.29 is 9.59 Å². The lowest BCUT2D eigenvalue weighted by molar-refractivity contribution is -0.130. The lowest BCUT2D eigenvalue weighted by Gasteiger charge is -2.35.